The zero-order valence-electron chi connectivity index (χ0n) is 15.9. The molecule has 1 saturated heterocycles. The van der Waals surface area contributed by atoms with Gasteiger partial charge in [0.15, 0.2) is 12.7 Å². The molecule has 7 nitrogen and oxygen atoms in total. The van der Waals surface area contributed by atoms with Gasteiger partial charge in [-0.1, -0.05) is 17.7 Å². The fourth-order valence-electron chi connectivity index (χ4n) is 2.88. The third-order valence-electron chi connectivity index (χ3n) is 4.35. The van der Waals surface area contributed by atoms with Gasteiger partial charge >= 0.3 is 5.97 Å². The summed E-state index contributed by atoms with van der Waals surface area (Å²) in [4.78, 5) is 37.6. The molecule has 1 unspecified atom stereocenters. The van der Waals surface area contributed by atoms with Gasteiger partial charge in [0.05, 0.1) is 0 Å². The number of carbonyl (C=O) groups is 3. The van der Waals surface area contributed by atoms with Gasteiger partial charge in [0.25, 0.3) is 5.91 Å². The van der Waals surface area contributed by atoms with Crippen LogP contribution in [0.2, 0.25) is 5.02 Å². The van der Waals surface area contributed by atoms with Gasteiger partial charge in [0.2, 0.25) is 5.91 Å². The first kappa shape index (κ1) is 20.7. The average molecular weight is 417 g/mol. The standard InChI is InChI=1S/C21H21ClN2O5/c1-14(21(27)23-16-5-2-4-15(22)12-16)29-20(26)13-28-18-9-7-17(8-10-18)24-11-3-6-19(24)25/h2,4-5,7-10,12,14H,3,6,11,13H2,1H3,(H,23,27). The van der Waals surface area contributed by atoms with Crippen molar-refractivity contribution in [2.75, 3.05) is 23.4 Å². The van der Waals surface area contributed by atoms with Gasteiger partial charge in [-0.25, -0.2) is 4.79 Å². The minimum absolute atomic E-state index is 0.104. The van der Waals surface area contributed by atoms with Crippen LogP contribution in [0.1, 0.15) is 19.8 Å². The highest BCUT2D eigenvalue weighted by molar-refractivity contribution is 6.30. The summed E-state index contributed by atoms with van der Waals surface area (Å²) in [6.07, 6.45) is 0.424. The zero-order valence-corrected chi connectivity index (χ0v) is 16.6. The molecular formula is C21H21ClN2O5. The van der Waals surface area contributed by atoms with Crippen LogP contribution in [-0.2, 0) is 19.1 Å². The third-order valence-corrected chi connectivity index (χ3v) is 4.58. The largest absolute Gasteiger partial charge is 0.482 e. The monoisotopic (exact) mass is 416 g/mol. The number of amides is 2. The Bertz CT molecular complexity index is 900. The second-order valence-electron chi connectivity index (χ2n) is 6.56. The van der Waals surface area contributed by atoms with Gasteiger partial charge in [-0.15, -0.1) is 0 Å². The van der Waals surface area contributed by atoms with Crippen LogP contribution in [0.5, 0.6) is 5.75 Å². The average Bonchev–Trinajstić information content (AvgIpc) is 3.12. The van der Waals surface area contributed by atoms with E-state index in [9.17, 15) is 14.4 Å². The molecule has 0 saturated carbocycles. The van der Waals surface area contributed by atoms with Gasteiger partial charge in [-0.2, -0.15) is 0 Å². The van der Waals surface area contributed by atoms with Crippen LogP contribution >= 0.6 is 11.6 Å². The number of halogens is 1. The van der Waals surface area contributed by atoms with E-state index in [1.54, 1.807) is 53.4 Å². The van der Waals surface area contributed by atoms with E-state index < -0.39 is 18.0 Å². The number of anilines is 2. The topological polar surface area (TPSA) is 84.9 Å². The van der Waals surface area contributed by atoms with Crippen molar-refractivity contribution < 1.29 is 23.9 Å². The number of nitrogens with zero attached hydrogens (tertiary/aromatic N) is 1. The molecule has 0 aromatic heterocycles. The summed E-state index contributed by atoms with van der Waals surface area (Å²) in [5.41, 5.74) is 1.31. The first-order valence-corrected chi connectivity index (χ1v) is 9.59. The molecule has 1 fully saturated rings. The van der Waals surface area contributed by atoms with Crippen molar-refractivity contribution in [1.82, 2.24) is 0 Å². The summed E-state index contributed by atoms with van der Waals surface area (Å²) < 4.78 is 10.5. The predicted octanol–water partition coefficient (Wildman–Crippen LogP) is 3.42. The van der Waals surface area contributed by atoms with E-state index >= 15 is 0 Å². The molecule has 2 aromatic rings. The number of ether oxygens (including phenoxy) is 2. The maximum Gasteiger partial charge on any atom is 0.344 e. The molecule has 29 heavy (non-hydrogen) atoms. The lowest BCUT2D eigenvalue weighted by molar-refractivity contribution is -0.155. The van der Waals surface area contributed by atoms with Crippen LogP contribution in [0.4, 0.5) is 11.4 Å². The highest BCUT2D eigenvalue weighted by Gasteiger charge is 2.22. The predicted molar refractivity (Wildman–Crippen MR) is 109 cm³/mol. The summed E-state index contributed by atoms with van der Waals surface area (Å²) in [6, 6.07) is 13.6. The van der Waals surface area contributed by atoms with E-state index in [-0.39, 0.29) is 12.5 Å². The minimum Gasteiger partial charge on any atom is -0.482 e. The van der Waals surface area contributed by atoms with Gasteiger partial charge in [-0.05, 0) is 55.8 Å². The Hall–Kier alpha value is -3.06. The zero-order chi connectivity index (χ0) is 20.8. The second-order valence-corrected chi connectivity index (χ2v) is 7.00. The summed E-state index contributed by atoms with van der Waals surface area (Å²) in [7, 11) is 0. The maximum absolute atomic E-state index is 12.1. The van der Waals surface area contributed by atoms with Crippen molar-refractivity contribution in [1.29, 1.82) is 0 Å². The van der Waals surface area contributed by atoms with E-state index in [1.165, 1.54) is 6.92 Å². The Morgan fingerprint density at radius 1 is 1.21 bits per heavy atom. The van der Waals surface area contributed by atoms with Crippen LogP contribution in [0.25, 0.3) is 0 Å². The van der Waals surface area contributed by atoms with Gasteiger partial charge in [-0.3, -0.25) is 9.59 Å². The molecule has 0 radical (unpaired) electrons. The molecule has 8 heteroatoms. The Balaban J connectivity index is 1.45. The normalized spacial score (nSPS) is 14.4. The highest BCUT2D eigenvalue weighted by atomic mass is 35.5. The van der Waals surface area contributed by atoms with Crippen molar-refractivity contribution in [3.63, 3.8) is 0 Å². The van der Waals surface area contributed by atoms with E-state index in [1.807, 2.05) is 0 Å². The highest BCUT2D eigenvalue weighted by Crippen LogP contribution is 2.24. The van der Waals surface area contributed by atoms with E-state index in [0.29, 0.717) is 29.4 Å². The van der Waals surface area contributed by atoms with Crippen molar-refractivity contribution in [2.45, 2.75) is 25.9 Å². The Morgan fingerprint density at radius 2 is 1.97 bits per heavy atom. The summed E-state index contributed by atoms with van der Waals surface area (Å²) >= 11 is 5.87. The lowest BCUT2D eigenvalue weighted by Crippen LogP contribution is -2.31. The summed E-state index contributed by atoms with van der Waals surface area (Å²) in [5.74, 6) is -0.571. The molecule has 1 atom stereocenters. The van der Waals surface area contributed by atoms with Crippen molar-refractivity contribution in [2.24, 2.45) is 0 Å². The quantitative estimate of drug-likeness (QED) is 0.699. The molecule has 152 valence electrons. The Labute approximate surface area is 173 Å². The van der Waals surface area contributed by atoms with Gasteiger partial charge < -0.3 is 19.7 Å². The molecule has 0 spiro atoms. The molecule has 0 bridgehead atoms. The summed E-state index contributed by atoms with van der Waals surface area (Å²) in [6.45, 7) is 1.84. The van der Waals surface area contributed by atoms with E-state index in [4.69, 9.17) is 21.1 Å². The van der Waals surface area contributed by atoms with Crippen LogP contribution in [0.3, 0.4) is 0 Å². The lowest BCUT2D eigenvalue weighted by Gasteiger charge is -2.16. The number of esters is 1. The lowest BCUT2D eigenvalue weighted by atomic mass is 10.3. The smallest absolute Gasteiger partial charge is 0.344 e. The molecule has 3 rings (SSSR count). The number of hydrogen-bond acceptors (Lipinski definition) is 5. The molecule has 1 aliphatic heterocycles. The fourth-order valence-corrected chi connectivity index (χ4v) is 3.07. The fraction of sp³-hybridized carbons (Fsp3) is 0.286. The van der Waals surface area contributed by atoms with Gasteiger partial charge in [0, 0.05) is 29.4 Å². The second kappa shape index (κ2) is 9.43. The van der Waals surface area contributed by atoms with Crippen LogP contribution in [-0.4, -0.2) is 37.0 Å². The molecule has 1 heterocycles. The first-order chi connectivity index (χ1) is 13.9. The number of benzene rings is 2. The van der Waals surface area contributed by atoms with Crippen molar-refractivity contribution in [3.05, 3.63) is 53.6 Å². The number of rotatable bonds is 7. The third kappa shape index (κ3) is 5.71. The van der Waals surface area contributed by atoms with E-state index in [2.05, 4.69) is 5.32 Å². The first-order valence-electron chi connectivity index (χ1n) is 9.21. The minimum atomic E-state index is -0.992. The van der Waals surface area contributed by atoms with Gasteiger partial charge in [0.1, 0.15) is 5.75 Å². The molecule has 1 aliphatic rings. The maximum atomic E-state index is 12.1. The van der Waals surface area contributed by atoms with Crippen LogP contribution in [0.15, 0.2) is 48.5 Å². The Morgan fingerprint density at radius 3 is 2.62 bits per heavy atom. The number of hydrogen-bond donors (Lipinski definition) is 1. The number of nitrogens with one attached hydrogen (secondary N) is 1. The van der Waals surface area contributed by atoms with Crippen molar-refractivity contribution >= 4 is 40.8 Å². The molecule has 0 aliphatic carbocycles. The van der Waals surface area contributed by atoms with Crippen LogP contribution < -0.4 is 15.0 Å². The number of carbonyl (C=O) groups excluding carboxylic acids is 3. The molecule has 2 amide bonds. The Kier molecular flexibility index (Phi) is 6.72. The molecule has 1 N–H and O–H groups in total. The van der Waals surface area contributed by atoms with E-state index in [0.717, 1.165) is 12.1 Å². The summed E-state index contributed by atoms with van der Waals surface area (Å²) in [5, 5.41) is 3.11. The van der Waals surface area contributed by atoms with Crippen LogP contribution in [0, 0.1) is 0 Å². The van der Waals surface area contributed by atoms with Crippen molar-refractivity contribution in [3.8, 4) is 5.75 Å². The molecule has 2 aromatic carbocycles. The molecular weight excluding hydrogens is 396 g/mol. The SMILES string of the molecule is CC(OC(=O)COc1ccc(N2CCCC2=O)cc1)C(=O)Nc1cccc(Cl)c1.